The molecule has 118 valence electrons. The van der Waals surface area contributed by atoms with Gasteiger partial charge in [0.05, 0.1) is 16.7 Å². The minimum atomic E-state index is 0.590. The Bertz CT molecular complexity index is 628. The number of ether oxygens (including phenoxy) is 1. The van der Waals surface area contributed by atoms with Crippen molar-refractivity contribution < 1.29 is 4.74 Å². The first-order valence-electron chi connectivity index (χ1n) is 7.41. The molecule has 0 amide bonds. The summed E-state index contributed by atoms with van der Waals surface area (Å²) in [7, 11) is 0. The molecule has 0 bridgehead atoms. The van der Waals surface area contributed by atoms with Gasteiger partial charge in [0.2, 0.25) is 0 Å². The van der Waals surface area contributed by atoms with Crippen LogP contribution in [0.5, 0.6) is 5.75 Å². The third kappa shape index (κ3) is 5.20. The quantitative estimate of drug-likeness (QED) is 0.703. The van der Waals surface area contributed by atoms with Gasteiger partial charge in [0.25, 0.3) is 0 Å². The lowest BCUT2D eigenvalue weighted by Crippen LogP contribution is -2.17. The standard InChI is InChI=1S/C18H21Cl2NO/c1-13-4-5-14(2)18(10-13)22-9-3-8-21-12-15-6-7-16(19)17(20)11-15/h4-7,10-11,21H,3,8-9,12H2,1-2H3. The van der Waals surface area contributed by atoms with Gasteiger partial charge < -0.3 is 10.1 Å². The Balaban J connectivity index is 1.67. The minimum absolute atomic E-state index is 0.590. The fourth-order valence-corrected chi connectivity index (χ4v) is 2.45. The molecule has 0 saturated carbocycles. The summed E-state index contributed by atoms with van der Waals surface area (Å²) in [4.78, 5) is 0. The molecule has 0 atom stereocenters. The van der Waals surface area contributed by atoms with Gasteiger partial charge in [-0.15, -0.1) is 0 Å². The third-order valence-corrected chi connectivity index (χ3v) is 4.15. The van der Waals surface area contributed by atoms with E-state index in [1.165, 1.54) is 11.1 Å². The molecule has 0 saturated heterocycles. The van der Waals surface area contributed by atoms with Crippen LogP contribution < -0.4 is 10.1 Å². The van der Waals surface area contributed by atoms with E-state index in [4.69, 9.17) is 27.9 Å². The predicted molar refractivity (Wildman–Crippen MR) is 94.2 cm³/mol. The Labute approximate surface area is 142 Å². The predicted octanol–water partition coefficient (Wildman–Crippen LogP) is 5.17. The normalized spacial score (nSPS) is 10.7. The lowest BCUT2D eigenvalue weighted by molar-refractivity contribution is 0.306. The van der Waals surface area contributed by atoms with Crippen molar-refractivity contribution in [1.29, 1.82) is 0 Å². The maximum Gasteiger partial charge on any atom is 0.122 e. The molecule has 2 aromatic carbocycles. The van der Waals surface area contributed by atoms with Gasteiger partial charge in [0.1, 0.15) is 5.75 Å². The third-order valence-electron chi connectivity index (χ3n) is 3.41. The van der Waals surface area contributed by atoms with Crippen LogP contribution in [0.25, 0.3) is 0 Å². The summed E-state index contributed by atoms with van der Waals surface area (Å²) in [6.07, 6.45) is 0.953. The molecule has 4 heteroatoms. The van der Waals surface area contributed by atoms with Crippen LogP contribution in [0.2, 0.25) is 10.0 Å². The largest absolute Gasteiger partial charge is 0.493 e. The summed E-state index contributed by atoms with van der Waals surface area (Å²) < 4.78 is 5.83. The van der Waals surface area contributed by atoms with E-state index < -0.39 is 0 Å². The maximum absolute atomic E-state index is 5.99. The first-order chi connectivity index (χ1) is 10.6. The van der Waals surface area contributed by atoms with Gasteiger partial charge in [-0.05, 0) is 61.7 Å². The monoisotopic (exact) mass is 337 g/mol. The molecule has 2 nitrogen and oxygen atoms in total. The van der Waals surface area contributed by atoms with Crippen LogP contribution in [0, 0.1) is 13.8 Å². The molecule has 22 heavy (non-hydrogen) atoms. The van der Waals surface area contributed by atoms with E-state index in [9.17, 15) is 0 Å². The molecular weight excluding hydrogens is 317 g/mol. The zero-order valence-corrected chi connectivity index (χ0v) is 14.5. The number of nitrogens with one attached hydrogen (secondary N) is 1. The highest BCUT2D eigenvalue weighted by Crippen LogP contribution is 2.22. The second kappa shape index (κ2) is 8.42. The summed E-state index contributed by atoms with van der Waals surface area (Å²) in [6.45, 7) is 6.52. The molecule has 2 rings (SSSR count). The average Bonchev–Trinajstić information content (AvgIpc) is 2.49. The summed E-state index contributed by atoms with van der Waals surface area (Å²) in [6, 6.07) is 12.0. The molecule has 0 aliphatic carbocycles. The summed E-state index contributed by atoms with van der Waals surface area (Å²) in [5.74, 6) is 0.976. The molecule has 0 aromatic heterocycles. The fraction of sp³-hybridized carbons (Fsp3) is 0.333. The highest BCUT2D eigenvalue weighted by molar-refractivity contribution is 6.42. The van der Waals surface area contributed by atoms with Crippen molar-refractivity contribution in [2.24, 2.45) is 0 Å². The maximum atomic E-state index is 5.99. The second-order valence-corrected chi connectivity index (χ2v) is 6.21. The highest BCUT2D eigenvalue weighted by atomic mass is 35.5. The van der Waals surface area contributed by atoms with Crippen molar-refractivity contribution in [3.05, 3.63) is 63.1 Å². The van der Waals surface area contributed by atoms with Crippen molar-refractivity contribution in [2.75, 3.05) is 13.2 Å². The van der Waals surface area contributed by atoms with E-state index in [1.54, 1.807) is 0 Å². The number of hydrogen-bond acceptors (Lipinski definition) is 2. The molecule has 1 N–H and O–H groups in total. The van der Waals surface area contributed by atoms with E-state index in [0.29, 0.717) is 16.7 Å². The van der Waals surface area contributed by atoms with Gasteiger partial charge in [-0.1, -0.05) is 41.4 Å². The van der Waals surface area contributed by atoms with Gasteiger partial charge in [0, 0.05) is 6.54 Å². The number of halogens is 2. The number of benzene rings is 2. The van der Waals surface area contributed by atoms with E-state index in [1.807, 2.05) is 18.2 Å². The summed E-state index contributed by atoms with van der Waals surface area (Å²) >= 11 is 11.9. The Morgan fingerprint density at radius 3 is 2.59 bits per heavy atom. The first kappa shape index (κ1) is 17.1. The molecule has 0 radical (unpaired) electrons. The van der Waals surface area contributed by atoms with Gasteiger partial charge in [-0.3, -0.25) is 0 Å². The van der Waals surface area contributed by atoms with Crippen LogP contribution >= 0.6 is 23.2 Å². The second-order valence-electron chi connectivity index (χ2n) is 5.40. The van der Waals surface area contributed by atoms with E-state index in [-0.39, 0.29) is 0 Å². The van der Waals surface area contributed by atoms with Gasteiger partial charge in [-0.2, -0.15) is 0 Å². The van der Waals surface area contributed by atoms with Gasteiger partial charge >= 0.3 is 0 Å². The summed E-state index contributed by atoms with van der Waals surface area (Å²) in [5, 5.41) is 4.57. The molecule has 0 aliphatic rings. The van der Waals surface area contributed by atoms with Crippen molar-refractivity contribution >= 4 is 23.2 Å². The number of aryl methyl sites for hydroxylation is 2. The molecule has 2 aromatic rings. The number of rotatable bonds is 7. The SMILES string of the molecule is Cc1ccc(C)c(OCCCNCc2ccc(Cl)c(Cl)c2)c1. The number of hydrogen-bond donors (Lipinski definition) is 1. The Morgan fingerprint density at radius 1 is 1.00 bits per heavy atom. The molecule has 0 fully saturated rings. The van der Waals surface area contributed by atoms with Crippen molar-refractivity contribution in [3.63, 3.8) is 0 Å². The minimum Gasteiger partial charge on any atom is -0.493 e. The van der Waals surface area contributed by atoms with Gasteiger partial charge in [-0.25, -0.2) is 0 Å². The van der Waals surface area contributed by atoms with Crippen molar-refractivity contribution in [2.45, 2.75) is 26.8 Å². The lowest BCUT2D eigenvalue weighted by Gasteiger charge is -2.10. The molecule has 0 aliphatic heterocycles. The van der Waals surface area contributed by atoms with Gasteiger partial charge in [0.15, 0.2) is 0 Å². The smallest absolute Gasteiger partial charge is 0.122 e. The zero-order valence-electron chi connectivity index (χ0n) is 13.0. The van der Waals surface area contributed by atoms with Crippen molar-refractivity contribution in [3.8, 4) is 5.75 Å². The average molecular weight is 338 g/mol. The van der Waals surface area contributed by atoms with Crippen LogP contribution in [0.3, 0.4) is 0 Å². The zero-order chi connectivity index (χ0) is 15.9. The molecule has 0 heterocycles. The summed E-state index contributed by atoms with van der Waals surface area (Å²) in [5.41, 5.74) is 3.53. The molecular formula is C18H21Cl2NO. The highest BCUT2D eigenvalue weighted by Gasteiger charge is 2.01. The van der Waals surface area contributed by atoms with Crippen LogP contribution in [0.1, 0.15) is 23.1 Å². The molecule has 0 unspecified atom stereocenters. The Hall–Kier alpha value is -1.22. The van der Waals surface area contributed by atoms with Crippen LogP contribution in [0.4, 0.5) is 0 Å². The lowest BCUT2D eigenvalue weighted by atomic mass is 10.1. The Kier molecular flexibility index (Phi) is 6.56. The van der Waals surface area contributed by atoms with Crippen LogP contribution in [-0.2, 0) is 6.54 Å². The van der Waals surface area contributed by atoms with Crippen molar-refractivity contribution in [1.82, 2.24) is 5.32 Å². The Morgan fingerprint density at radius 2 is 1.82 bits per heavy atom. The van der Waals surface area contributed by atoms with Crippen LogP contribution in [-0.4, -0.2) is 13.2 Å². The van der Waals surface area contributed by atoms with Crippen LogP contribution in [0.15, 0.2) is 36.4 Å². The van der Waals surface area contributed by atoms with E-state index in [2.05, 4.69) is 37.4 Å². The fourth-order valence-electron chi connectivity index (χ4n) is 2.12. The topological polar surface area (TPSA) is 21.3 Å². The van der Waals surface area contributed by atoms with E-state index in [0.717, 1.165) is 30.8 Å². The molecule has 0 spiro atoms. The van der Waals surface area contributed by atoms with E-state index >= 15 is 0 Å². The first-order valence-corrected chi connectivity index (χ1v) is 8.16.